The van der Waals surface area contributed by atoms with Gasteiger partial charge in [0, 0.05) is 45.3 Å². The van der Waals surface area contributed by atoms with Crippen molar-refractivity contribution in [3.8, 4) is 0 Å². The van der Waals surface area contributed by atoms with Gasteiger partial charge in [0.1, 0.15) is 0 Å². The third kappa shape index (κ3) is 3.12. The molecule has 0 amide bonds. The van der Waals surface area contributed by atoms with Crippen LogP contribution >= 0.6 is 23.2 Å². The summed E-state index contributed by atoms with van der Waals surface area (Å²) in [5.41, 5.74) is 3.52. The molecule has 118 valence electrons. The molecule has 0 atom stereocenters. The fraction of sp³-hybridized carbons (Fsp3) is 0.263. The lowest BCUT2D eigenvalue weighted by molar-refractivity contribution is 0.687. The number of halogens is 2. The topological polar surface area (TPSA) is 17.0 Å². The maximum Gasteiger partial charge on any atom is 0.0505 e. The minimum absolute atomic E-state index is 0.683. The van der Waals surface area contributed by atoms with E-state index in [4.69, 9.17) is 23.2 Å². The first-order chi connectivity index (χ1) is 11.2. The SMILES string of the molecule is Clc1cccc(Cl)c1Cn1cc(CNC2CC2)c2ccccc21. The van der Waals surface area contributed by atoms with Crippen molar-refractivity contribution in [1.29, 1.82) is 0 Å². The zero-order chi connectivity index (χ0) is 15.8. The molecule has 4 heteroatoms. The molecule has 0 aliphatic heterocycles. The number of para-hydroxylation sites is 1. The molecule has 0 radical (unpaired) electrons. The van der Waals surface area contributed by atoms with E-state index in [0.717, 1.165) is 12.1 Å². The molecule has 4 rings (SSSR count). The second-order valence-electron chi connectivity index (χ2n) is 6.15. The molecule has 1 saturated carbocycles. The molecule has 0 bridgehead atoms. The van der Waals surface area contributed by atoms with Crippen molar-refractivity contribution in [2.75, 3.05) is 0 Å². The van der Waals surface area contributed by atoms with E-state index in [1.807, 2.05) is 18.2 Å². The lowest BCUT2D eigenvalue weighted by atomic mass is 10.2. The summed E-state index contributed by atoms with van der Waals surface area (Å²) >= 11 is 12.7. The van der Waals surface area contributed by atoms with Crippen molar-refractivity contribution in [1.82, 2.24) is 9.88 Å². The molecule has 2 aromatic carbocycles. The lowest BCUT2D eigenvalue weighted by Crippen LogP contribution is -2.14. The van der Waals surface area contributed by atoms with Crippen molar-refractivity contribution < 1.29 is 0 Å². The van der Waals surface area contributed by atoms with Crippen LogP contribution in [0, 0.1) is 0 Å². The quantitative estimate of drug-likeness (QED) is 0.668. The summed E-state index contributed by atoms with van der Waals surface area (Å²) < 4.78 is 2.24. The molecular weight excluding hydrogens is 327 g/mol. The van der Waals surface area contributed by atoms with Gasteiger partial charge in [-0.1, -0.05) is 47.5 Å². The van der Waals surface area contributed by atoms with Crippen molar-refractivity contribution >= 4 is 34.1 Å². The molecule has 0 spiro atoms. The van der Waals surface area contributed by atoms with Crippen LogP contribution < -0.4 is 5.32 Å². The van der Waals surface area contributed by atoms with Gasteiger partial charge in [0.25, 0.3) is 0 Å². The standard InChI is InChI=1S/C19H18Cl2N2/c20-17-5-3-6-18(21)16(17)12-23-11-13(10-22-14-8-9-14)15-4-1-2-7-19(15)23/h1-7,11,14,22H,8-10,12H2. The first-order valence-corrected chi connectivity index (χ1v) is 8.71. The average molecular weight is 345 g/mol. The van der Waals surface area contributed by atoms with Gasteiger partial charge >= 0.3 is 0 Å². The Balaban J connectivity index is 1.71. The monoisotopic (exact) mass is 344 g/mol. The molecule has 1 fully saturated rings. The van der Waals surface area contributed by atoms with Gasteiger partial charge < -0.3 is 9.88 Å². The summed E-state index contributed by atoms with van der Waals surface area (Å²) in [6.07, 6.45) is 4.82. The number of fused-ring (bicyclic) bond motifs is 1. The summed E-state index contributed by atoms with van der Waals surface area (Å²) in [5, 5.41) is 6.33. The highest BCUT2D eigenvalue weighted by Gasteiger charge is 2.21. The fourth-order valence-electron chi connectivity index (χ4n) is 2.99. The Labute approximate surface area is 146 Å². The molecule has 1 aliphatic rings. The van der Waals surface area contributed by atoms with E-state index in [9.17, 15) is 0 Å². The largest absolute Gasteiger partial charge is 0.343 e. The maximum absolute atomic E-state index is 6.34. The van der Waals surface area contributed by atoms with Gasteiger partial charge in [-0.05, 0) is 36.6 Å². The normalized spacial score (nSPS) is 14.5. The highest BCUT2D eigenvalue weighted by molar-refractivity contribution is 6.36. The third-order valence-corrected chi connectivity index (χ3v) is 5.13. The Morgan fingerprint density at radius 1 is 1.00 bits per heavy atom. The Morgan fingerprint density at radius 2 is 1.74 bits per heavy atom. The highest BCUT2D eigenvalue weighted by atomic mass is 35.5. The molecule has 1 heterocycles. The van der Waals surface area contributed by atoms with Crippen LogP contribution in [0.4, 0.5) is 0 Å². The second kappa shape index (κ2) is 6.20. The van der Waals surface area contributed by atoms with Gasteiger partial charge in [0.15, 0.2) is 0 Å². The molecule has 1 aliphatic carbocycles. The minimum Gasteiger partial charge on any atom is -0.343 e. The van der Waals surface area contributed by atoms with Gasteiger partial charge in [-0.3, -0.25) is 0 Å². The molecule has 1 aromatic heterocycles. The molecule has 1 N–H and O–H groups in total. The maximum atomic E-state index is 6.34. The molecular formula is C19H18Cl2N2. The van der Waals surface area contributed by atoms with Crippen LogP contribution in [0.1, 0.15) is 24.0 Å². The zero-order valence-electron chi connectivity index (χ0n) is 12.7. The number of rotatable bonds is 5. The van der Waals surface area contributed by atoms with Crippen LogP contribution in [0.3, 0.4) is 0 Å². The minimum atomic E-state index is 0.683. The Hall–Kier alpha value is -1.48. The Bertz CT molecular complexity index is 829. The molecule has 2 nitrogen and oxygen atoms in total. The fourth-order valence-corrected chi connectivity index (χ4v) is 3.51. The highest BCUT2D eigenvalue weighted by Crippen LogP contribution is 2.29. The van der Waals surface area contributed by atoms with Crippen LogP contribution in [0.2, 0.25) is 10.0 Å². The van der Waals surface area contributed by atoms with Crippen LogP contribution in [-0.2, 0) is 13.1 Å². The Morgan fingerprint density at radius 3 is 2.48 bits per heavy atom. The van der Waals surface area contributed by atoms with Gasteiger partial charge in [-0.2, -0.15) is 0 Å². The molecule has 23 heavy (non-hydrogen) atoms. The molecule has 0 unspecified atom stereocenters. The van der Waals surface area contributed by atoms with Crippen LogP contribution in [0.5, 0.6) is 0 Å². The summed E-state index contributed by atoms with van der Waals surface area (Å²) in [4.78, 5) is 0. The van der Waals surface area contributed by atoms with Gasteiger partial charge in [-0.25, -0.2) is 0 Å². The predicted octanol–water partition coefficient (Wildman–Crippen LogP) is 5.25. The van der Waals surface area contributed by atoms with E-state index in [2.05, 4.69) is 40.3 Å². The molecule has 0 saturated heterocycles. The van der Waals surface area contributed by atoms with E-state index in [1.54, 1.807) is 0 Å². The van der Waals surface area contributed by atoms with Crippen molar-refractivity contribution in [3.63, 3.8) is 0 Å². The summed E-state index contributed by atoms with van der Waals surface area (Å²) in [5.74, 6) is 0. The van der Waals surface area contributed by atoms with Gasteiger partial charge in [0.05, 0.1) is 6.54 Å². The van der Waals surface area contributed by atoms with E-state index in [0.29, 0.717) is 22.6 Å². The van der Waals surface area contributed by atoms with E-state index in [1.165, 1.54) is 29.3 Å². The Kier molecular flexibility index (Phi) is 4.06. The predicted molar refractivity (Wildman–Crippen MR) is 97.4 cm³/mol. The van der Waals surface area contributed by atoms with Crippen LogP contribution in [0.25, 0.3) is 10.9 Å². The van der Waals surface area contributed by atoms with Crippen molar-refractivity contribution in [3.05, 3.63) is 69.8 Å². The first-order valence-electron chi connectivity index (χ1n) is 7.95. The van der Waals surface area contributed by atoms with Crippen LogP contribution in [0.15, 0.2) is 48.7 Å². The number of benzene rings is 2. The molecule has 3 aromatic rings. The number of nitrogens with zero attached hydrogens (tertiary/aromatic N) is 1. The van der Waals surface area contributed by atoms with E-state index >= 15 is 0 Å². The van der Waals surface area contributed by atoms with Gasteiger partial charge in [0.2, 0.25) is 0 Å². The van der Waals surface area contributed by atoms with Crippen molar-refractivity contribution in [2.24, 2.45) is 0 Å². The smallest absolute Gasteiger partial charge is 0.0505 e. The van der Waals surface area contributed by atoms with E-state index < -0.39 is 0 Å². The average Bonchev–Trinajstić information content (AvgIpc) is 3.32. The summed E-state index contributed by atoms with van der Waals surface area (Å²) in [6.45, 7) is 1.59. The van der Waals surface area contributed by atoms with Gasteiger partial charge in [-0.15, -0.1) is 0 Å². The van der Waals surface area contributed by atoms with Crippen LogP contribution in [-0.4, -0.2) is 10.6 Å². The zero-order valence-corrected chi connectivity index (χ0v) is 14.2. The first kappa shape index (κ1) is 15.1. The lowest BCUT2D eigenvalue weighted by Gasteiger charge is -2.09. The number of nitrogens with one attached hydrogen (secondary N) is 1. The van der Waals surface area contributed by atoms with Crippen molar-refractivity contribution in [2.45, 2.75) is 32.0 Å². The third-order valence-electron chi connectivity index (χ3n) is 4.42. The number of hydrogen-bond acceptors (Lipinski definition) is 1. The second-order valence-corrected chi connectivity index (χ2v) is 6.97. The number of hydrogen-bond donors (Lipinski definition) is 1. The van der Waals surface area contributed by atoms with E-state index in [-0.39, 0.29) is 0 Å². The number of aromatic nitrogens is 1. The summed E-state index contributed by atoms with van der Waals surface area (Å²) in [6, 6.07) is 14.9. The summed E-state index contributed by atoms with van der Waals surface area (Å²) in [7, 11) is 0.